The first-order chi connectivity index (χ1) is 11.4. The van der Waals surface area contributed by atoms with Gasteiger partial charge in [-0.3, -0.25) is 4.79 Å². The van der Waals surface area contributed by atoms with Crippen LogP contribution in [0.2, 0.25) is 5.02 Å². The van der Waals surface area contributed by atoms with Gasteiger partial charge < -0.3 is 0 Å². The minimum atomic E-state index is -3.83. The van der Waals surface area contributed by atoms with Gasteiger partial charge in [0, 0.05) is 11.1 Å². The largest absolute Gasteiger partial charge is 0.269 e. The molecular formula is C18H16ClNO3S. The van der Waals surface area contributed by atoms with Crippen LogP contribution < -0.4 is 0 Å². The number of carbonyl (C=O) groups excluding carboxylic acids is 1. The Morgan fingerprint density at radius 2 is 1.67 bits per heavy atom. The molecule has 0 aliphatic carbocycles. The predicted molar refractivity (Wildman–Crippen MR) is 93.3 cm³/mol. The lowest BCUT2D eigenvalue weighted by Gasteiger charge is -2.17. The highest BCUT2D eigenvalue weighted by Gasteiger charge is 2.33. The molecule has 0 N–H and O–H groups in total. The Labute approximate surface area is 146 Å². The topological polar surface area (TPSA) is 54.5 Å². The average Bonchev–Trinajstić information content (AvgIpc) is 2.91. The van der Waals surface area contributed by atoms with Gasteiger partial charge in [-0.15, -0.1) is 0 Å². The summed E-state index contributed by atoms with van der Waals surface area (Å²) in [6, 6.07) is 13.8. The lowest BCUT2D eigenvalue weighted by atomic mass is 10.1. The van der Waals surface area contributed by atoms with Crippen LogP contribution >= 0.6 is 11.6 Å². The number of benzene rings is 2. The Morgan fingerprint density at radius 1 is 1.04 bits per heavy atom. The second-order valence-electron chi connectivity index (χ2n) is 5.77. The smallest absolute Gasteiger partial charge is 0.267 e. The number of rotatable bonds is 4. The molecule has 1 amide bonds. The third-order valence-electron chi connectivity index (χ3n) is 3.87. The first kappa shape index (κ1) is 16.7. The number of carbonyl (C=O) groups is 1. The summed E-state index contributed by atoms with van der Waals surface area (Å²) in [7, 11) is -3.83. The molecule has 1 heterocycles. The first-order valence-corrected chi connectivity index (χ1v) is 9.25. The molecule has 6 heteroatoms. The van der Waals surface area contributed by atoms with Crippen molar-refractivity contribution < 1.29 is 13.2 Å². The number of aryl methyl sites for hydroxylation is 1. The summed E-state index contributed by atoms with van der Waals surface area (Å²) in [5.41, 5.74) is 2.70. The summed E-state index contributed by atoms with van der Waals surface area (Å²) in [5, 5.41) is 0.638. The molecular weight excluding hydrogens is 346 g/mol. The van der Waals surface area contributed by atoms with Crippen LogP contribution in [0, 0.1) is 6.92 Å². The molecule has 124 valence electrons. The molecule has 0 saturated heterocycles. The van der Waals surface area contributed by atoms with Crippen molar-refractivity contribution in [3.63, 3.8) is 0 Å². The van der Waals surface area contributed by atoms with Crippen LogP contribution in [0.3, 0.4) is 0 Å². The zero-order valence-corrected chi connectivity index (χ0v) is 14.6. The SMILES string of the molecule is Cc1ccc(S(=O)(=O)N2CC(Cc3ccc(Cl)cc3)=CC2=O)cc1. The van der Waals surface area contributed by atoms with E-state index in [1.165, 1.54) is 18.2 Å². The van der Waals surface area contributed by atoms with Gasteiger partial charge in [0.15, 0.2) is 0 Å². The summed E-state index contributed by atoms with van der Waals surface area (Å²) in [6.45, 7) is 1.96. The van der Waals surface area contributed by atoms with E-state index in [1.54, 1.807) is 24.3 Å². The molecule has 4 nitrogen and oxygen atoms in total. The summed E-state index contributed by atoms with van der Waals surface area (Å²) in [6.07, 6.45) is 1.92. The molecule has 0 fully saturated rings. The summed E-state index contributed by atoms with van der Waals surface area (Å²) in [4.78, 5) is 12.3. The van der Waals surface area contributed by atoms with Crippen molar-refractivity contribution in [2.45, 2.75) is 18.2 Å². The third kappa shape index (κ3) is 3.37. The molecule has 0 atom stereocenters. The van der Waals surface area contributed by atoms with E-state index < -0.39 is 15.9 Å². The van der Waals surface area contributed by atoms with Crippen molar-refractivity contribution in [1.29, 1.82) is 0 Å². The maximum absolute atomic E-state index is 12.7. The van der Waals surface area contributed by atoms with Crippen LogP contribution in [0.15, 0.2) is 65.1 Å². The molecule has 2 aromatic rings. The van der Waals surface area contributed by atoms with Gasteiger partial charge in [-0.2, -0.15) is 0 Å². The van der Waals surface area contributed by atoms with Crippen molar-refractivity contribution in [3.05, 3.63) is 76.3 Å². The molecule has 0 saturated carbocycles. The monoisotopic (exact) mass is 361 g/mol. The first-order valence-electron chi connectivity index (χ1n) is 7.43. The molecule has 1 aliphatic heterocycles. The standard InChI is InChI=1S/C18H16ClNO3S/c1-13-2-8-17(9-3-13)24(22,23)20-12-15(11-18(20)21)10-14-4-6-16(19)7-5-14/h2-9,11H,10,12H2,1H3. The summed E-state index contributed by atoms with van der Waals surface area (Å²) in [5.74, 6) is -0.500. The Kier molecular flexibility index (Phi) is 4.47. The maximum Gasteiger partial charge on any atom is 0.267 e. The maximum atomic E-state index is 12.7. The van der Waals surface area contributed by atoms with Crippen LogP contribution in [-0.4, -0.2) is 25.2 Å². The fraction of sp³-hybridized carbons (Fsp3) is 0.167. The van der Waals surface area contributed by atoms with Gasteiger partial charge in [-0.05, 0) is 48.7 Å². The fourth-order valence-corrected chi connectivity index (χ4v) is 4.05. The van der Waals surface area contributed by atoms with E-state index in [2.05, 4.69) is 0 Å². The second kappa shape index (κ2) is 6.42. The Bertz CT molecular complexity index is 900. The molecule has 0 radical (unpaired) electrons. The lowest BCUT2D eigenvalue weighted by Crippen LogP contribution is -2.33. The second-order valence-corrected chi connectivity index (χ2v) is 8.07. The van der Waals surface area contributed by atoms with Gasteiger partial charge in [0.2, 0.25) is 0 Å². The number of sulfonamides is 1. The number of halogens is 1. The molecule has 3 rings (SSSR count). The van der Waals surface area contributed by atoms with Crippen LogP contribution in [0.1, 0.15) is 11.1 Å². The predicted octanol–water partition coefficient (Wildman–Crippen LogP) is 3.35. The van der Waals surface area contributed by atoms with E-state index in [-0.39, 0.29) is 11.4 Å². The molecule has 0 bridgehead atoms. The molecule has 1 aliphatic rings. The van der Waals surface area contributed by atoms with E-state index in [0.717, 1.165) is 21.0 Å². The van der Waals surface area contributed by atoms with Crippen LogP contribution in [0.4, 0.5) is 0 Å². The average molecular weight is 362 g/mol. The lowest BCUT2D eigenvalue weighted by molar-refractivity contribution is -0.120. The van der Waals surface area contributed by atoms with Gasteiger partial charge in [-0.1, -0.05) is 41.4 Å². The van der Waals surface area contributed by atoms with Crippen LogP contribution in [0.25, 0.3) is 0 Å². The number of amides is 1. The Hall–Kier alpha value is -2.11. The molecule has 24 heavy (non-hydrogen) atoms. The normalized spacial score (nSPS) is 14.8. The quantitative estimate of drug-likeness (QED) is 0.839. The Morgan fingerprint density at radius 3 is 2.29 bits per heavy atom. The van der Waals surface area contributed by atoms with Crippen molar-refractivity contribution in [2.75, 3.05) is 6.54 Å². The van der Waals surface area contributed by atoms with E-state index in [1.807, 2.05) is 19.1 Å². The van der Waals surface area contributed by atoms with Crippen LogP contribution in [-0.2, 0) is 21.2 Å². The molecule has 0 aromatic heterocycles. The zero-order valence-electron chi connectivity index (χ0n) is 13.1. The number of hydrogen-bond donors (Lipinski definition) is 0. The van der Waals surface area contributed by atoms with Crippen molar-refractivity contribution in [1.82, 2.24) is 4.31 Å². The van der Waals surface area contributed by atoms with Gasteiger partial charge in [0.1, 0.15) is 0 Å². The van der Waals surface area contributed by atoms with Gasteiger partial charge in [-0.25, -0.2) is 12.7 Å². The highest BCUT2D eigenvalue weighted by atomic mass is 35.5. The summed E-state index contributed by atoms with van der Waals surface area (Å²) < 4.78 is 26.2. The van der Waals surface area contributed by atoms with Crippen LogP contribution in [0.5, 0.6) is 0 Å². The highest BCUT2D eigenvalue weighted by molar-refractivity contribution is 7.89. The van der Waals surface area contributed by atoms with Gasteiger partial charge in [0.05, 0.1) is 11.4 Å². The van der Waals surface area contributed by atoms with E-state index in [9.17, 15) is 13.2 Å². The van der Waals surface area contributed by atoms with E-state index in [4.69, 9.17) is 11.6 Å². The minimum absolute atomic E-state index is 0.0810. The summed E-state index contributed by atoms with van der Waals surface area (Å²) >= 11 is 5.86. The number of nitrogens with zero attached hydrogens (tertiary/aromatic N) is 1. The minimum Gasteiger partial charge on any atom is -0.269 e. The molecule has 0 unspecified atom stereocenters. The number of hydrogen-bond acceptors (Lipinski definition) is 3. The zero-order chi connectivity index (χ0) is 17.3. The third-order valence-corrected chi connectivity index (χ3v) is 5.88. The van der Waals surface area contributed by atoms with Crippen molar-refractivity contribution >= 4 is 27.5 Å². The molecule has 0 spiro atoms. The van der Waals surface area contributed by atoms with E-state index >= 15 is 0 Å². The highest BCUT2D eigenvalue weighted by Crippen LogP contribution is 2.24. The van der Waals surface area contributed by atoms with Gasteiger partial charge >= 0.3 is 0 Å². The fourth-order valence-electron chi connectivity index (χ4n) is 2.57. The van der Waals surface area contributed by atoms with E-state index in [0.29, 0.717) is 11.4 Å². The van der Waals surface area contributed by atoms with Crippen molar-refractivity contribution in [3.8, 4) is 0 Å². The van der Waals surface area contributed by atoms with Crippen molar-refractivity contribution in [2.24, 2.45) is 0 Å². The van der Waals surface area contributed by atoms with Gasteiger partial charge in [0.25, 0.3) is 15.9 Å². The Balaban J connectivity index is 1.79. The molecule has 2 aromatic carbocycles.